The number of hydrogen-bond donors (Lipinski definition) is 0. The van der Waals surface area contributed by atoms with Crippen molar-refractivity contribution in [1.29, 1.82) is 0 Å². The molecule has 3 aromatic rings. The zero-order valence-corrected chi connectivity index (χ0v) is 21.4. The van der Waals surface area contributed by atoms with Crippen molar-refractivity contribution in [3.63, 3.8) is 0 Å². The van der Waals surface area contributed by atoms with Crippen LogP contribution in [0, 0.1) is 5.92 Å². The summed E-state index contributed by atoms with van der Waals surface area (Å²) in [4.78, 5) is 8.42. The molecule has 2 aromatic heterocycles. The predicted molar refractivity (Wildman–Crippen MR) is 142 cm³/mol. The van der Waals surface area contributed by atoms with E-state index in [1.807, 2.05) is 23.6 Å². The van der Waals surface area contributed by atoms with Crippen molar-refractivity contribution in [1.82, 2.24) is 9.88 Å². The van der Waals surface area contributed by atoms with Gasteiger partial charge in [-0.05, 0) is 62.4 Å². The van der Waals surface area contributed by atoms with Crippen molar-refractivity contribution in [3.05, 3.63) is 48.7 Å². The van der Waals surface area contributed by atoms with Gasteiger partial charge in [0.1, 0.15) is 6.10 Å². The maximum Gasteiger partial charge on any atom is 0.213 e. The average molecular weight is 465 g/mol. The molecule has 6 rings (SSSR count). The van der Waals surface area contributed by atoms with E-state index in [4.69, 9.17) is 4.74 Å². The van der Waals surface area contributed by atoms with Gasteiger partial charge in [0.25, 0.3) is 0 Å². The lowest BCUT2D eigenvalue weighted by molar-refractivity contribution is -0.0525. The second-order valence-electron chi connectivity index (χ2n) is 9.64. The zero-order valence-electron chi connectivity index (χ0n) is 20.6. The number of thiophene rings is 1. The van der Waals surface area contributed by atoms with Crippen LogP contribution >= 0.6 is 11.3 Å². The number of fused-ring (bicyclic) bond motifs is 4. The molecule has 4 heteroatoms. The second kappa shape index (κ2) is 12.0. The number of ether oxygens (including phenoxy) is 1. The number of unbranched alkanes of at least 4 members (excludes halogenated alkanes) is 5. The fourth-order valence-corrected chi connectivity index (χ4v) is 6.22. The molecule has 2 unspecified atom stereocenters. The van der Waals surface area contributed by atoms with Crippen LogP contribution in [0.1, 0.15) is 72.1 Å². The lowest BCUT2D eigenvalue weighted by Crippen LogP contribution is -2.58. The van der Waals surface area contributed by atoms with E-state index in [2.05, 4.69) is 67.1 Å². The highest BCUT2D eigenvalue weighted by Crippen LogP contribution is 2.36. The number of piperidine rings is 3. The highest BCUT2D eigenvalue weighted by molar-refractivity contribution is 7.22. The fourth-order valence-electron chi connectivity index (χ4n) is 5.16. The van der Waals surface area contributed by atoms with E-state index in [0.717, 1.165) is 11.4 Å². The normalized spacial score (nSPS) is 23.8. The summed E-state index contributed by atoms with van der Waals surface area (Å²) in [5.41, 5.74) is 1.16. The molecule has 0 saturated carbocycles. The van der Waals surface area contributed by atoms with Crippen LogP contribution in [0.2, 0.25) is 0 Å². The SMILES string of the molecule is CC1C(Oc2ccc(-c3cc4ccccc4s3)cn2)C2CCN1CC2.CCCCCCCC. The summed E-state index contributed by atoms with van der Waals surface area (Å²) < 4.78 is 7.62. The Kier molecular flexibility index (Phi) is 8.80. The van der Waals surface area contributed by atoms with E-state index in [1.54, 1.807) is 0 Å². The minimum Gasteiger partial charge on any atom is -0.472 e. The molecule has 2 atom stereocenters. The minimum atomic E-state index is 0.283. The van der Waals surface area contributed by atoms with Crippen molar-refractivity contribution >= 4 is 21.4 Å². The van der Waals surface area contributed by atoms with Crippen LogP contribution in [0.3, 0.4) is 0 Å². The highest BCUT2D eigenvalue weighted by atomic mass is 32.1. The fraction of sp³-hybridized carbons (Fsp3) is 0.552. The molecule has 3 saturated heterocycles. The number of rotatable bonds is 8. The van der Waals surface area contributed by atoms with Gasteiger partial charge in [-0.3, -0.25) is 4.90 Å². The minimum absolute atomic E-state index is 0.283. The molecular formula is C29H40N2OS. The molecule has 0 amide bonds. The van der Waals surface area contributed by atoms with Gasteiger partial charge in [0, 0.05) is 33.4 Å². The summed E-state index contributed by atoms with van der Waals surface area (Å²) in [5, 5.41) is 1.30. The smallest absolute Gasteiger partial charge is 0.213 e. The Morgan fingerprint density at radius 2 is 1.70 bits per heavy atom. The van der Waals surface area contributed by atoms with Crippen LogP contribution in [0.4, 0.5) is 0 Å². The Bertz CT molecular complexity index is 934. The average Bonchev–Trinajstić information content (AvgIpc) is 3.30. The van der Waals surface area contributed by atoms with E-state index in [1.165, 1.54) is 79.4 Å². The monoisotopic (exact) mass is 464 g/mol. The summed E-state index contributed by atoms with van der Waals surface area (Å²) in [5.74, 6) is 1.44. The second-order valence-corrected chi connectivity index (χ2v) is 10.7. The molecule has 2 bridgehead atoms. The Morgan fingerprint density at radius 3 is 2.30 bits per heavy atom. The van der Waals surface area contributed by atoms with Gasteiger partial charge in [0.15, 0.2) is 0 Å². The first-order valence-corrected chi connectivity index (χ1v) is 13.9. The number of aromatic nitrogens is 1. The van der Waals surface area contributed by atoms with Crippen molar-refractivity contribution in [3.8, 4) is 16.3 Å². The van der Waals surface area contributed by atoms with Gasteiger partial charge in [-0.1, -0.05) is 70.6 Å². The van der Waals surface area contributed by atoms with Gasteiger partial charge in [-0.25, -0.2) is 4.98 Å². The van der Waals surface area contributed by atoms with Crippen LogP contribution in [-0.4, -0.2) is 35.1 Å². The van der Waals surface area contributed by atoms with Gasteiger partial charge in [-0.15, -0.1) is 11.3 Å². The molecule has 3 aliphatic heterocycles. The first-order chi connectivity index (χ1) is 16.2. The third-order valence-electron chi connectivity index (χ3n) is 7.25. The quantitative estimate of drug-likeness (QED) is 0.314. The van der Waals surface area contributed by atoms with Gasteiger partial charge >= 0.3 is 0 Å². The van der Waals surface area contributed by atoms with E-state index in [-0.39, 0.29) is 6.10 Å². The third-order valence-corrected chi connectivity index (χ3v) is 8.42. The molecule has 0 aliphatic carbocycles. The van der Waals surface area contributed by atoms with Crippen LogP contribution in [0.5, 0.6) is 5.88 Å². The van der Waals surface area contributed by atoms with Gasteiger partial charge in [-0.2, -0.15) is 0 Å². The van der Waals surface area contributed by atoms with E-state index in [0.29, 0.717) is 12.0 Å². The molecule has 3 nitrogen and oxygen atoms in total. The Morgan fingerprint density at radius 1 is 0.970 bits per heavy atom. The first-order valence-electron chi connectivity index (χ1n) is 13.0. The van der Waals surface area contributed by atoms with Crippen molar-refractivity contribution in [2.75, 3.05) is 13.1 Å². The zero-order chi connectivity index (χ0) is 23.0. The number of benzene rings is 1. The first kappa shape index (κ1) is 24.2. The standard InChI is InChI=1S/C21H22N2OS.C8H18/c1-14-21(15-8-10-23(14)11-9-15)24-20-7-6-17(13-22-20)19-12-16-4-2-3-5-18(16)25-19;1-3-5-7-8-6-4-2/h2-7,12-15,21H,8-11H2,1H3;3-8H2,1-2H3. The summed E-state index contributed by atoms with van der Waals surface area (Å²) in [6.07, 6.45) is 13.2. The lowest BCUT2D eigenvalue weighted by Gasteiger charge is -2.49. The van der Waals surface area contributed by atoms with Crippen molar-refractivity contribution < 1.29 is 4.74 Å². The third kappa shape index (κ3) is 6.16. The van der Waals surface area contributed by atoms with E-state index >= 15 is 0 Å². The van der Waals surface area contributed by atoms with Crippen LogP contribution in [-0.2, 0) is 0 Å². The summed E-state index contributed by atoms with van der Waals surface area (Å²) >= 11 is 1.81. The van der Waals surface area contributed by atoms with Gasteiger partial charge in [0.2, 0.25) is 5.88 Å². The molecule has 1 aromatic carbocycles. The van der Waals surface area contributed by atoms with E-state index < -0.39 is 0 Å². The molecule has 0 N–H and O–H groups in total. The molecule has 178 valence electrons. The van der Waals surface area contributed by atoms with E-state index in [9.17, 15) is 0 Å². The highest BCUT2D eigenvalue weighted by Gasteiger charge is 2.41. The molecule has 5 heterocycles. The topological polar surface area (TPSA) is 25.4 Å². The molecule has 0 radical (unpaired) electrons. The maximum absolute atomic E-state index is 6.30. The maximum atomic E-state index is 6.30. The predicted octanol–water partition coefficient (Wildman–Crippen LogP) is 8.19. The number of pyridine rings is 1. The summed E-state index contributed by atoms with van der Waals surface area (Å²) in [7, 11) is 0. The Hall–Kier alpha value is -1.91. The summed E-state index contributed by atoms with van der Waals surface area (Å²) in [6, 6.07) is 15.4. The molecule has 33 heavy (non-hydrogen) atoms. The lowest BCUT2D eigenvalue weighted by atomic mass is 9.81. The number of hydrogen-bond acceptors (Lipinski definition) is 4. The van der Waals surface area contributed by atoms with Crippen molar-refractivity contribution in [2.45, 2.75) is 84.3 Å². The molecule has 3 fully saturated rings. The largest absolute Gasteiger partial charge is 0.472 e. The molecular weight excluding hydrogens is 424 g/mol. The van der Waals surface area contributed by atoms with Gasteiger partial charge < -0.3 is 4.74 Å². The Balaban J connectivity index is 0.000000281. The van der Waals surface area contributed by atoms with Crippen molar-refractivity contribution in [2.24, 2.45) is 5.92 Å². The van der Waals surface area contributed by atoms with Gasteiger partial charge in [0.05, 0.1) is 0 Å². The van der Waals surface area contributed by atoms with Crippen LogP contribution < -0.4 is 4.74 Å². The van der Waals surface area contributed by atoms with Crippen LogP contribution in [0.15, 0.2) is 48.7 Å². The molecule has 3 aliphatic rings. The Labute approximate surface area is 204 Å². The number of nitrogens with zero attached hydrogens (tertiary/aromatic N) is 2. The van der Waals surface area contributed by atoms with Crippen LogP contribution in [0.25, 0.3) is 20.5 Å². The molecule has 0 spiro atoms. The summed E-state index contributed by atoms with van der Waals surface area (Å²) in [6.45, 7) is 9.26.